The summed E-state index contributed by atoms with van der Waals surface area (Å²) < 4.78 is 11.2. The summed E-state index contributed by atoms with van der Waals surface area (Å²) in [4.78, 5) is 5.23. The molecule has 0 heterocycles. The maximum absolute atomic E-state index is 6.18. The molecule has 1 rings (SSSR count). The van der Waals surface area contributed by atoms with Crippen LogP contribution in [0, 0.1) is 5.92 Å². The van der Waals surface area contributed by atoms with Gasteiger partial charge in [-0.05, 0) is 18.9 Å². The molecule has 0 fully saturated rings. The molecule has 0 saturated carbocycles. The summed E-state index contributed by atoms with van der Waals surface area (Å²) >= 11 is 23.4. The van der Waals surface area contributed by atoms with Gasteiger partial charge in [0.05, 0.1) is 22.4 Å². The Morgan fingerprint density at radius 2 is 1.76 bits per heavy atom. The summed E-state index contributed by atoms with van der Waals surface area (Å²) in [5, 5.41) is 4.74. The highest BCUT2D eigenvalue weighted by atomic mass is 35.5. The molecule has 0 atom stereocenters. The van der Waals surface area contributed by atoms with Gasteiger partial charge in [-0.25, -0.2) is 0 Å². The van der Waals surface area contributed by atoms with Crippen LogP contribution in [0.5, 0.6) is 11.5 Å². The Bertz CT molecular complexity index is 591. The quantitative estimate of drug-likeness (QED) is 0.242. The largest absolute Gasteiger partial charge is 0.490 e. The van der Waals surface area contributed by atoms with Crippen LogP contribution >= 0.6 is 46.4 Å². The number of nitrogens with zero attached hydrogens (tertiary/aromatic N) is 1. The first-order valence-electron chi connectivity index (χ1n) is 7.73. The molecule has 0 saturated heterocycles. The molecule has 0 amide bonds. The van der Waals surface area contributed by atoms with Gasteiger partial charge < -0.3 is 14.3 Å². The van der Waals surface area contributed by atoms with E-state index in [2.05, 4.69) is 19.0 Å². The molecule has 0 aliphatic heterocycles. The molecule has 0 N–H and O–H groups in total. The zero-order valence-corrected chi connectivity index (χ0v) is 17.3. The van der Waals surface area contributed by atoms with Gasteiger partial charge in [0.2, 0.25) is 0 Å². The summed E-state index contributed by atoms with van der Waals surface area (Å²) in [6.07, 6.45) is 2.16. The summed E-state index contributed by atoms with van der Waals surface area (Å²) in [5.41, 5.74) is 0.952. The van der Waals surface area contributed by atoms with Gasteiger partial charge in [0, 0.05) is 18.6 Å². The molecule has 4 nitrogen and oxygen atoms in total. The van der Waals surface area contributed by atoms with Crippen LogP contribution in [0.15, 0.2) is 27.9 Å². The molecule has 1 aromatic rings. The summed E-state index contributed by atoms with van der Waals surface area (Å²) in [5.74, 6) is 1.27. The first kappa shape index (κ1) is 22.2. The van der Waals surface area contributed by atoms with Crippen molar-refractivity contribution in [1.82, 2.24) is 0 Å². The standard InChI is InChI=1S/C17H21Cl4NO3/c1-11(2)12(3)22-25-7-4-6-24-17-14(18)9-13(10-15(17)19)23-8-5-16(20)21/h5,9-11H,4,6-8H2,1-3H3. The van der Waals surface area contributed by atoms with Crippen molar-refractivity contribution < 1.29 is 14.3 Å². The maximum Gasteiger partial charge on any atom is 0.156 e. The highest BCUT2D eigenvalue weighted by molar-refractivity contribution is 6.55. The van der Waals surface area contributed by atoms with Crippen LogP contribution in [0.4, 0.5) is 0 Å². The molecule has 1 aromatic carbocycles. The molecule has 0 aliphatic carbocycles. The Labute approximate surface area is 168 Å². The Morgan fingerprint density at radius 3 is 2.32 bits per heavy atom. The minimum atomic E-state index is 0.132. The van der Waals surface area contributed by atoms with E-state index in [0.29, 0.717) is 47.1 Å². The van der Waals surface area contributed by atoms with Crippen molar-refractivity contribution in [2.75, 3.05) is 19.8 Å². The lowest BCUT2D eigenvalue weighted by atomic mass is 10.1. The molecular formula is C17H21Cl4NO3. The second-order valence-corrected chi connectivity index (χ2v) is 7.27. The van der Waals surface area contributed by atoms with E-state index in [4.69, 9.17) is 60.7 Å². The molecule has 0 unspecified atom stereocenters. The third kappa shape index (κ3) is 8.91. The Hall–Kier alpha value is -0.810. The molecule has 25 heavy (non-hydrogen) atoms. The van der Waals surface area contributed by atoms with Crippen LogP contribution < -0.4 is 9.47 Å². The molecule has 8 heteroatoms. The summed E-state index contributed by atoms with van der Waals surface area (Å²) in [6.45, 7) is 7.11. The SMILES string of the molecule is CC(=NOCCCOc1c(Cl)cc(OCC=C(Cl)Cl)cc1Cl)C(C)C. The van der Waals surface area contributed by atoms with Crippen molar-refractivity contribution in [2.45, 2.75) is 27.2 Å². The maximum atomic E-state index is 6.18. The van der Waals surface area contributed by atoms with E-state index in [1.165, 1.54) is 6.08 Å². The highest BCUT2D eigenvalue weighted by Gasteiger charge is 2.10. The van der Waals surface area contributed by atoms with Gasteiger partial charge in [-0.2, -0.15) is 0 Å². The van der Waals surface area contributed by atoms with E-state index in [9.17, 15) is 0 Å². The smallest absolute Gasteiger partial charge is 0.156 e. The number of hydrogen-bond acceptors (Lipinski definition) is 4. The lowest BCUT2D eigenvalue weighted by molar-refractivity contribution is 0.126. The van der Waals surface area contributed by atoms with Gasteiger partial charge in [-0.3, -0.25) is 0 Å². The first-order chi connectivity index (χ1) is 11.8. The van der Waals surface area contributed by atoms with Gasteiger partial charge in [-0.1, -0.05) is 65.4 Å². The van der Waals surface area contributed by atoms with Gasteiger partial charge >= 0.3 is 0 Å². The topological polar surface area (TPSA) is 40.0 Å². The van der Waals surface area contributed by atoms with Crippen molar-refractivity contribution in [3.63, 3.8) is 0 Å². The van der Waals surface area contributed by atoms with Crippen molar-refractivity contribution in [1.29, 1.82) is 0 Å². The predicted molar refractivity (Wildman–Crippen MR) is 106 cm³/mol. The third-order valence-electron chi connectivity index (χ3n) is 3.13. The zero-order valence-electron chi connectivity index (χ0n) is 14.3. The van der Waals surface area contributed by atoms with Gasteiger partial charge in [0.25, 0.3) is 0 Å². The van der Waals surface area contributed by atoms with Crippen molar-refractivity contribution in [3.8, 4) is 11.5 Å². The van der Waals surface area contributed by atoms with Crippen LogP contribution in [-0.2, 0) is 4.84 Å². The fourth-order valence-electron chi connectivity index (χ4n) is 1.51. The predicted octanol–water partition coefficient (Wildman–Crippen LogP) is 6.51. The fourth-order valence-corrected chi connectivity index (χ4v) is 2.21. The minimum absolute atomic E-state index is 0.132. The fraction of sp³-hybridized carbons (Fsp3) is 0.471. The molecule has 0 bridgehead atoms. The molecule has 0 aromatic heterocycles. The lowest BCUT2D eigenvalue weighted by Gasteiger charge is -2.12. The van der Waals surface area contributed by atoms with E-state index < -0.39 is 0 Å². The van der Waals surface area contributed by atoms with Crippen LogP contribution in [-0.4, -0.2) is 25.5 Å². The molecule has 0 radical (unpaired) electrons. The summed E-state index contributed by atoms with van der Waals surface area (Å²) in [6, 6.07) is 3.23. The molecule has 140 valence electrons. The number of benzene rings is 1. The lowest BCUT2D eigenvalue weighted by Crippen LogP contribution is -2.05. The average Bonchev–Trinajstić information content (AvgIpc) is 2.52. The van der Waals surface area contributed by atoms with E-state index >= 15 is 0 Å². The Morgan fingerprint density at radius 1 is 1.12 bits per heavy atom. The van der Waals surface area contributed by atoms with Crippen LogP contribution in [0.25, 0.3) is 0 Å². The number of oxime groups is 1. The summed E-state index contributed by atoms with van der Waals surface area (Å²) in [7, 11) is 0. The second kappa shape index (κ2) is 11.7. The van der Waals surface area contributed by atoms with Crippen molar-refractivity contribution >= 4 is 52.1 Å². The Kier molecular flexibility index (Phi) is 10.4. The number of rotatable bonds is 10. The van der Waals surface area contributed by atoms with Crippen LogP contribution in [0.3, 0.4) is 0 Å². The van der Waals surface area contributed by atoms with Crippen LogP contribution in [0.2, 0.25) is 10.0 Å². The van der Waals surface area contributed by atoms with E-state index in [1.807, 2.05) is 6.92 Å². The zero-order chi connectivity index (χ0) is 18.8. The molecule has 0 spiro atoms. The van der Waals surface area contributed by atoms with E-state index in [0.717, 1.165) is 5.71 Å². The van der Waals surface area contributed by atoms with Gasteiger partial charge in [-0.15, -0.1) is 0 Å². The van der Waals surface area contributed by atoms with Crippen LogP contribution in [0.1, 0.15) is 27.2 Å². The van der Waals surface area contributed by atoms with E-state index in [1.54, 1.807) is 12.1 Å². The van der Waals surface area contributed by atoms with Gasteiger partial charge in [0.1, 0.15) is 23.5 Å². The monoisotopic (exact) mass is 427 g/mol. The first-order valence-corrected chi connectivity index (χ1v) is 9.24. The van der Waals surface area contributed by atoms with Crippen molar-refractivity contribution in [2.24, 2.45) is 11.1 Å². The average molecular weight is 429 g/mol. The number of halogens is 4. The normalized spacial score (nSPS) is 11.4. The van der Waals surface area contributed by atoms with Crippen molar-refractivity contribution in [3.05, 3.63) is 32.7 Å². The number of hydrogen-bond donors (Lipinski definition) is 0. The van der Waals surface area contributed by atoms with Gasteiger partial charge in [0.15, 0.2) is 5.75 Å². The molecular weight excluding hydrogens is 408 g/mol. The van der Waals surface area contributed by atoms with E-state index in [-0.39, 0.29) is 11.1 Å². The number of ether oxygens (including phenoxy) is 2. The highest BCUT2D eigenvalue weighted by Crippen LogP contribution is 2.37. The Balaban J connectivity index is 2.46. The molecule has 0 aliphatic rings. The minimum Gasteiger partial charge on any atom is -0.490 e. The second-order valence-electron chi connectivity index (χ2n) is 5.44. The third-order valence-corrected chi connectivity index (χ3v) is 4.00.